The Morgan fingerprint density at radius 2 is 1.86 bits per heavy atom. The third kappa shape index (κ3) is 8.48. The van der Waals surface area contributed by atoms with Crippen LogP contribution in [0.3, 0.4) is 0 Å². The number of thioether (sulfide) groups is 2. The number of hydrogen-bond donors (Lipinski definition) is 2. The fourth-order valence-electron chi connectivity index (χ4n) is 2.83. The second kappa shape index (κ2) is 13.2. The monoisotopic (exact) mass is 437 g/mol. The Balaban J connectivity index is 1.96. The van der Waals surface area contributed by atoms with Gasteiger partial charge in [0.15, 0.2) is 0 Å². The van der Waals surface area contributed by atoms with E-state index in [1.165, 1.54) is 5.56 Å². The Morgan fingerprint density at radius 3 is 2.57 bits per heavy atom. The number of halogens is 1. The van der Waals surface area contributed by atoms with E-state index >= 15 is 0 Å². The van der Waals surface area contributed by atoms with Crippen LogP contribution in [0, 0.1) is 5.92 Å². The Kier molecular flexibility index (Phi) is 10.9. The lowest BCUT2D eigenvalue weighted by Crippen LogP contribution is -2.40. The largest absolute Gasteiger partial charge is 0.374 e. The second-order valence-electron chi connectivity index (χ2n) is 6.65. The first-order chi connectivity index (χ1) is 13.6. The molecule has 2 aromatic carbocycles. The fraction of sp³-hybridized carbons (Fsp3) is 0.409. The summed E-state index contributed by atoms with van der Waals surface area (Å²) in [7, 11) is 0. The predicted molar refractivity (Wildman–Crippen MR) is 123 cm³/mol. The zero-order valence-corrected chi connectivity index (χ0v) is 18.5. The number of aliphatic hydroxyl groups excluding tert-OH is 1. The number of amides is 1. The van der Waals surface area contributed by atoms with Crippen LogP contribution in [0.15, 0.2) is 54.6 Å². The molecule has 1 amide bonds. The molecular formula is C22H28ClNO2S2. The summed E-state index contributed by atoms with van der Waals surface area (Å²) in [5.74, 6) is 2.14. The van der Waals surface area contributed by atoms with Crippen molar-refractivity contribution < 1.29 is 9.90 Å². The minimum Gasteiger partial charge on any atom is -0.374 e. The standard InChI is InChI=1S/C22H28ClNO2S2/c1-27-13-7-12-21(25)24-22(26)19(14-18-10-5-6-11-20(18)23)16-28-15-17-8-3-2-4-9-17/h2-6,8-11,19,21,25H,7,12-16H2,1H3,(H,24,26). The van der Waals surface area contributed by atoms with Crippen LogP contribution < -0.4 is 5.32 Å². The van der Waals surface area contributed by atoms with Gasteiger partial charge in [0, 0.05) is 16.5 Å². The van der Waals surface area contributed by atoms with E-state index < -0.39 is 6.23 Å². The molecule has 2 atom stereocenters. The summed E-state index contributed by atoms with van der Waals surface area (Å²) in [6.45, 7) is 0. The van der Waals surface area contributed by atoms with E-state index in [1.54, 1.807) is 23.5 Å². The van der Waals surface area contributed by atoms with Gasteiger partial charge in [0.05, 0.1) is 5.92 Å². The lowest BCUT2D eigenvalue weighted by atomic mass is 10.00. The molecule has 152 valence electrons. The fourth-order valence-corrected chi connectivity index (χ4v) is 4.59. The molecule has 0 aliphatic rings. The maximum absolute atomic E-state index is 12.8. The molecule has 0 saturated heterocycles. The van der Waals surface area contributed by atoms with Crippen molar-refractivity contribution in [3.05, 3.63) is 70.7 Å². The zero-order valence-electron chi connectivity index (χ0n) is 16.1. The van der Waals surface area contributed by atoms with Crippen LogP contribution in [0.5, 0.6) is 0 Å². The summed E-state index contributed by atoms with van der Waals surface area (Å²) < 4.78 is 0. The predicted octanol–water partition coefficient (Wildman–Crippen LogP) is 5.01. The van der Waals surface area contributed by atoms with Gasteiger partial charge in [-0.25, -0.2) is 0 Å². The number of hydrogen-bond acceptors (Lipinski definition) is 4. The van der Waals surface area contributed by atoms with E-state index in [0.717, 1.165) is 23.5 Å². The van der Waals surface area contributed by atoms with Crippen molar-refractivity contribution in [1.29, 1.82) is 0 Å². The maximum Gasteiger partial charge on any atom is 0.226 e. The van der Waals surface area contributed by atoms with Crippen molar-refractivity contribution in [2.45, 2.75) is 31.2 Å². The highest BCUT2D eigenvalue weighted by molar-refractivity contribution is 7.98. The van der Waals surface area contributed by atoms with E-state index in [9.17, 15) is 9.90 Å². The van der Waals surface area contributed by atoms with Crippen LogP contribution in [0.2, 0.25) is 5.02 Å². The molecule has 0 aliphatic carbocycles. The maximum atomic E-state index is 12.8. The molecule has 0 radical (unpaired) electrons. The Labute approximate surface area is 181 Å². The van der Waals surface area contributed by atoms with Crippen LogP contribution >= 0.6 is 35.1 Å². The third-order valence-electron chi connectivity index (χ3n) is 4.36. The molecule has 28 heavy (non-hydrogen) atoms. The van der Waals surface area contributed by atoms with Crippen molar-refractivity contribution in [3.8, 4) is 0 Å². The molecule has 0 bridgehead atoms. The van der Waals surface area contributed by atoms with Crippen LogP contribution in [0.1, 0.15) is 24.0 Å². The van der Waals surface area contributed by atoms with Crippen molar-refractivity contribution in [2.24, 2.45) is 5.92 Å². The highest BCUT2D eigenvalue weighted by atomic mass is 35.5. The van der Waals surface area contributed by atoms with E-state index in [2.05, 4.69) is 17.4 Å². The average Bonchev–Trinajstić information content (AvgIpc) is 2.69. The summed E-state index contributed by atoms with van der Waals surface area (Å²) in [6, 6.07) is 17.9. The van der Waals surface area contributed by atoms with Gasteiger partial charge in [-0.15, -0.1) is 0 Å². The van der Waals surface area contributed by atoms with Crippen LogP contribution in [0.4, 0.5) is 0 Å². The Morgan fingerprint density at radius 1 is 1.14 bits per heavy atom. The molecule has 0 saturated carbocycles. The van der Waals surface area contributed by atoms with E-state index in [-0.39, 0.29) is 11.8 Å². The van der Waals surface area contributed by atoms with Crippen molar-refractivity contribution >= 4 is 41.0 Å². The molecule has 2 N–H and O–H groups in total. The highest BCUT2D eigenvalue weighted by Gasteiger charge is 2.22. The number of carbonyl (C=O) groups excluding carboxylic acids is 1. The summed E-state index contributed by atoms with van der Waals surface area (Å²) in [5, 5.41) is 13.6. The second-order valence-corrected chi connectivity index (χ2v) is 9.08. The van der Waals surface area contributed by atoms with Gasteiger partial charge < -0.3 is 10.4 Å². The highest BCUT2D eigenvalue weighted by Crippen LogP contribution is 2.23. The number of rotatable bonds is 12. The molecule has 6 heteroatoms. The summed E-state index contributed by atoms with van der Waals surface area (Å²) >= 11 is 9.77. The van der Waals surface area contributed by atoms with E-state index in [0.29, 0.717) is 23.6 Å². The van der Waals surface area contributed by atoms with Gasteiger partial charge in [0.25, 0.3) is 0 Å². The minimum absolute atomic E-state index is 0.114. The van der Waals surface area contributed by atoms with Crippen LogP contribution in [-0.2, 0) is 17.0 Å². The summed E-state index contributed by atoms with van der Waals surface area (Å²) in [6.07, 6.45) is 3.25. The molecule has 2 rings (SSSR count). The lowest BCUT2D eigenvalue weighted by molar-refractivity contribution is -0.127. The number of carbonyl (C=O) groups is 1. The van der Waals surface area contributed by atoms with E-state index in [1.807, 2.05) is 48.7 Å². The number of nitrogens with one attached hydrogen (secondary N) is 1. The summed E-state index contributed by atoms with van der Waals surface area (Å²) in [4.78, 5) is 12.8. The lowest BCUT2D eigenvalue weighted by Gasteiger charge is -2.20. The Hall–Kier alpha value is -1.14. The van der Waals surface area contributed by atoms with Gasteiger partial charge in [0.1, 0.15) is 6.23 Å². The van der Waals surface area contributed by atoms with Gasteiger partial charge in [-0.3, -0.25) is 4.79 Å². The quantitative estimate of drug-likeness (QED) is 0.362. The van der Waals surface area contributed by atoms with Crippen molar-refractivity contribution in [3.63, 3.8) is 0 Å². The summed E-state index contributed by atoms with van der Waals surface area (Å²) in [5.41, 5.74) is 2.20. The van der Waals surface area contributed by atoms with E-state index in [4.69, 9.17) is 11.6 Å². The normalized spacial score (nSPS) is 13.1. The average molecular weight is 438 g/mol. The molecule has 2 aromatic rings. The topological polar surface area (TPSA) is 49.3 Å². The van der Waals surface area contributed by atoms with Gasteiger partial charge in [-0.1, -0.05) is 60.1 Å². The van der Waals surface area contributed by atoms with Gasteiger partial charge in [-0.05, 0) is 48.5 Å². The zero-order chi connectivity index (χ0) is 20.2. The number of benzene rings is 2. The first kappa shape index (κ1) is 23.1. The molecule has 0 aliphatic heterocycles. The molecule has 0 fully saturated rings. The molecule has 0 spiro atoms. The SMILES string of the molecule is CSCCCC(O)NC(=O)C(CSCc1ccccc1)Cc1ccccc1Cl. The van der Waals surface area contributed by atoms with Gasteiger partial charge >= 0.3 is 0 Å². The van der Waals surface area contributed by atoms with Gasteiger partial charge in [-0.2, -0.15) is 23.5 Å². The molecule has 3 nitrogen and oxygen atoms in total. The smallest absolute Gasteiger partial charge is 0.226 e. The van der Waals surface area contributed by atoms with Crippen molar-refractivity contribution in [1.82, 2.24) is 5.32 Å². The molecule has 0 heterocycles. The van der Waals surface area contributed by atoms with Crippen LogP contribution in [-0.4, -0.2) is 35.0 Å². The first-order valence-electron chi connectivity index (χ1n) is 9.42. The first-order valence-corrected chi connectivity index (χ1v) is 12.3. The third-order valence-corrected chi connectivity index (χ3v) is 6.60. The molecule has 2 unspecified atom stereocenters. The molecular weight excluding hydrogens is 410 g/mol. The minimum atomic E-state index is -0.799. The van der Waals surface area contributed by atoms with Gasteiger partial charge in [0.2, 0.25) is 5.91 Å². The Bertz CT molecular complexity index is 715. The number of aliphatic hydroxyl groups is 1. The van der Waals surface area contributed by atoms with Crippen molar-refractivity contribution in [2.75, 3.05) is 17.8 Å². The molecule has 0 aromatic heterocycles. The van der Waals surface area contributed by atoms with Crippen LogP contribution in [0.25, 0.3) is 0 Å².